The van der Waals surface area contributed by atoms with Crippen LogP contribution in [0.2, 0.25) is 0 Å². The molecule has 20 heavy (non-hydrogen) atoms. The van der Waals surface area contributed by atoms with E-state index in [-0.39, 0.29) is 5.97 Å². The van der Waals surface area contributed by atoms with Crippen LogP contribution in [0.1, 0.15) is 32.6 Å². The third-order valence-electron chi connectivity index (χ3n) is 2.65. The number of allylic oxidation sites excluding steroid dienone is 1. The van der Waals surface area contributed by atoms with Gasteiger partial charge in [0.2, 0.25) is 0 Å². The Bertz CT molecular complexity index is 532. The van der Waals surface area contributed by atoms with E-state index >= 15 is 0 Å². The Morgan fingerprint density at radius 3 is 2.55 bits per heavy atom. The monoisotopic (exact) mass is 296 g/mol. The topological polar surface area (TPSA) is 60.4 Å². The molecule has 0 saturated heterocycles. The fraction of sp³-hybridized carbons (Fsp3) is 0.400. The lowest BCUT2D eigenvalue weighted by Crippen LogP contribution is -2.02. The van der Waals surface area contributed by atoms with Gasteiger partial charge in [-0.3, -0.25) is 4.79 Å². The third kappa shape index (κ3) is 6.02. The largest absolute Gasteiger partial charge is 0.466 e. The van der Waals surface area contributed by atoms with Crippen LogP contribution in [0.4, 0.5) is 0 Å². The lowest BCUT2D eigenvalue weighted by atomic mass is 10.2. The summed E-state index contributed by atoms with van der Waals surface area (Å²) in [5, 5.41) is 1.23. The van der Waals surface area contributed by atoms with Crippen LogP contribution in [0, 0.1) is 0 Å². The average Bonchev–Trinajstić information content (AvgIpc) is 2.44. The standard InChI is InChI=1S/C15H20O4S/c1-2-19-15(16)12-8-3-4-9-13-20(17,18)14-10-6-5-7-11-14/h5-7,9-11,13H,2-4,8,12H2,1H3/b13-9+. The summed E-state index contributed by atoms with van der Waals surface area (Å²) in [6, 6.07) is 8.30. The number of carbonyl (C=O) groups excluding carboxylic acids is 1. The molecule has 0 fully saturated rings. The van der Waals surface area contributed by atoms with Gasteiger partial charge in [0.05, 0.1) is 11.5 Å². The predicted octanol–water partition coefficient (Wildman–Crippen LogP) is 3.10. The van der Waals surface area contributed by atoms with Crippen molar-refractivity contribution in [3.8, 4) is 0 Å². The molecule has 4 nitrogen and oxygen atoms in total. The number of benzene rings is 1. The third-order valence-corrected chi connectivity index (χ3v) is 4.13. The van der Waals surface area contributed by atoms with Crippen LogP contribution in [0.5, 0.6) is 0 Å². The minimum Gasteiger partial charge on any atom is -0.466 e. The number of unbranched alkanes of at least 4 members (excludes halogenated alkanes) is 2. The van der Waals surface area contributed by atoms with Gasteiger partial charge in [-0.2, -0.15) is 0 Å². The molecule has 0 unspecified atom stereocenters. The van der Waals surface area contributed by atoms with Gasteiger partial charge in [0, 0.05) is 11.8 Å². The highest BCUT2D eigenvalue weighted by Crippen LogP contribution is 2.12. The van der Waals surface area contributed by atoms with Crippen LogP contribution >= 0.6 is 0 Å². The van der Waals surface area contributed by atoms with E-state index in [2.05, 4.69) is 0 Å². The van der Waals surface area contributed by atoms with Crippen LogP contribution in [0.25, 0.3) is 0 Å². The maximum Gasteiger partial charge on any atom is 0.305 e. The van der Waals surface area contributed by atoms with Crippen molar-refractivity contribution in [2.45, 2.75) is 37.5 Å². The highest BCUT2D eigenvalue weighted by molar-refractivity contribution is 7.94. The number of ether oxygens (including phenoxy) is 1. The molecule has 1 aromatic carbocycles. The summed E-state index contributed by atoms with van der Waals surface area (Å²) < 4.78 is 28.6. The Morgan fingerprint density at radius 2 is 1.90 bits per heavy atom. The summed E-state index contributed by atoms with van der Waals surface area (Å²) in [5.74, 6) is -0.201. The average molecular weight is 296 g/mol. The molecule has 1 aromatic rings. The molecule has 0 radical (unpaired) electrons. The Labute approximate surface area is 120 Å². The van der Waals surface area contributed by atoms with Crippen molar-refractivity contribution in [1.29, 1.82) is 0 Å². The molecule has 0 spiro atoms. The lowest BCUT2D eigenvalue weighted by molar-refractivity contribution is -0.143. The first-order valence-corrected chi connectivity index (χ1v) is 8.23. The minimum atomic E-state index is -3.34. The maximum absolute atomic E-state index is 11.9. The number of hydrogen-bond acceptors (Lipinski definition) is 4. The fourth-order valence-corrected chi connectivity index (χ4v) is 2.73. The Kier molecular flexibility index (Phi) is 7.01. The van der Waals surface area contributed by atoms with E-state index in [1.165, 1.54) is 5.41 Å². The van der Waals surface area contributed by atoms with E-state index < -0.39 is 9.84 Å². The zero-order chi connectivity index (χ0) is 14.8. The molecular formula is C15H20O4S. The van der Waals surface area contributed by atoms with Gasteiger partial charge in [-0.1, -0.05) is 24.3 Å². The van der Waals surface area contributed by atoms with E-state index in [0.29, 0.717) is 30.8 Å². The Hall–Kier alpha value is -1.62. The first-order chi connectivity index (χ1) is 9.56. The van der Waals surface area contributed by atoms with Crippen LogP contribution in [-0.4, -0.2) is 21.0 Å². The number of sulfone groups is 1. The van der Waals surface area contributed by atoms with Crippen molar-refractivity contribution in [3.05, 3.63) is 41.8 Å². The van der Waals surface area contributed by atoms with Crippen molar-refractivity contribution in [3.63, 3.8) is 0 Å². The number of carbonyl (C=O) groups is 1. The van der Waals surface area contributed by atoms with E-state index in [4.69, 9.17) is 4.74 Å². The first-order valence-electron chi connectivity index (χ1n) is 6.68. The summed E-state index contributed by atoms with van der Waals surface area (Å²) in [5.41, 5.74) is 0. The second-order valence-corrected chi connectivity index (χ2v) is 6.11. The summed E-state index contributed by atoms with van der Waals surface area (Å²) in [6.45, 7) is 2.17. The highest BCUT2D eigenvalue weighted by atomic mass is 32.2. The van der Waals surface area contributed by atoms with Gasteiger partial charge in [0.1, 0.15) is 0 Å². The number of rotatable bonds is 8. The maximum atomic E-state index is 11.9. The second-order valence-electron chi connectivity index (χ2n) is 4.28. The van der Waals surface area contributed by atoms with Gasteiger partial charge in [0.25, 0.3) is 0 Å². The first kappa shape index (κ1) is 16.4. The van der Waals surface area contributed by atoms with Crippen LogP contribution in [0.3, 0.4) is 0 Å². The summed E-state index contributed by atoms with van der Waals surface area (Å²) >= 11 is 0. The van der Waals surface area contributed by atoms with Crippen molar-refractivity contribution in [1.82, 2.24) is 0 Å². The van der Waals surface area contributed by atoms with Gasteiger partial charge < -0.3 is 4.74 Å². The predicted molar refractivity (Wildman–Crippen MR) is 77.9 cm³/mol. The molecule has 110 valence electrons. The zero-order valence-corrected chi connectivity index (χ0v) is 12.4. The molecule has 0 amide bonds. The van der Waals surface area contributed by atoms with Gasteiger partial charge in [0.15, 0.2) is 9.84 Å². The molecule has 1 rings (SSSR count). The normalized spacial score (nSPS) is 11.7. The molecule has 0 aromatic heterocycles. The van der Waals surface area contributed by atoms with Gasteiger partial charge in [-0.05, 0) is 38.3 Å². The number of esters is 1. The fourth-order valence-electron chi connectivity index (χ4n) is 1.65. The van der Waals surface area contributed by atoms with Crippen molar-refractivity contribution >= 4 is 15.8 Å². The van der Waals surface area contributed by atoms with Gasteiger partial charge >= 0.3 is 5.97 Å². The quantitative estimate of drug-likeness (QED) is 0.546. The Balaban J connectivity index is 2.33. The molecule has 0 aliphatic rings. The molecule has 0 atom stereocenters. The van der Waals surface area contributed by atoms with E-state index in [1.54, 1.807) is 43.3 Å². The molecule has 0 aliphatic carbocycles. The molecule has 0 aliphatic heterocycles. The summed E-state index contributed by atoms with van der Waals surface area (Å²) in [4.78, 5) is 11.4. The van der Waals surface area contributed by atoms with Gasteiger partial charge in [-0.15, -0.1) is 0 Å². The number of hydrogen-bond donors (Lipinski definition) is 0. The Morgan fingerprint density at radius 1 is 1.20 bits per heavy atom. The lowest BCUT2D eigenvalue weighted by Gasteiger charge is -2.00. The van der Waals surface area contributed by atoms with E-state index in [1.807, 2.05) is 0 Å². The minimum absolute atomic E-state index is 0.201. The van der Waals surface area contributed by atoms with Crippen LogP contribution in [0.15, 0.2) is 46.7 Å². The van der Waals surface area contributed by atoms with Crippen LogP contribution < -0.4 is 0 Å². The molecule has 0 saturated carbocycles. The van der Waals surface area contributed by atoms with E-state index in [9.17, 15) is 13.2 Å². The molecule has 0 N–H and O–H groups in total. The zero-order valence-electron chi connectivity index (χ0n) is 11.6. The SMILES string of the molecule is CCOC(=O)CCCC/C=C/S(=O)(=O)c1ccccc1. The second kappa shape index (κ2) is 8.53. The van der Waals surface area contributed by atoms with Crippen molar-refractivity contribution < 1.29 is 17.9 Å². The van der Waals surface area contributed by atoms with Gasteiger partial charge in [-0.25, -0.2) is 8.42 Å². The van der Waals surface area contributed by atoms with E-state index in [0.717, 1.165) is 6.42 Å². The summed E-state index contributed by atoms with van der Waals surface area (Å²) in [7, 11) is -3.34. The van der Waals surface area contributed by atoms with Crippen molar-refractivity contribution in [2.24, 2.45) is 0 Å². The molecule has 0 bridgehead atoms. The highest BCUT2D eigenvalue weighted by Gasteiger charge is 2.08. The smallest absolute Gasteiger partial charge is 0.305 e. The van der Waals surface area contributed by atoms with Crippen molar-refractivity contribution in [2.75, 3.05) is 6.61 Å². The molecule has 5 heteroatoms. The molecule has 0 heterocycles. The van der Waals surface area contributed by atoms with Crippen LogP contribution in [-0.2, 0) is 19.4 Å². The molecular weight excluding hydrogens is 276 g/mol. The summed E-state index contributed by atoms with van der Waals surface area (Å²) in [6.07, 6.45) is 4.11.